The van der Waals surface area contributed by atoms with Gasteiger partial charge in [0.1, 0.15) is 17.7 Å². The second-order valence-corrected chi connectivity index (χ2v) is 27.2. The molecule has 0 bridgehead atoms. The van der Waals surface area contributed by atoms with Crippen LogP contribution in [0.25, 0.3) is 5.52 Å². The van der Waals surface area contributed by atoms with Gasteiger partial charge in [-0.15, -0.1) is 5.10 Å². The largest absolute Gasteiger partial charge is 0.413 e. The predicted molar refractivity (Wildman–Crippen MR) is 194 cm³/mol. The molecule has 12 heteroatoms. The van der Waals surface area contributed by atoms with Crippen LogP contribution in [0.3, 0.4) is 0 Å². The number of alkyl halides is 2. The molecule has 0 aromatic carbocycles. The van der Waals surface area contributed by atoms with E-state index < -0.39 is 40.9 Å². The fourth-order valence-electron chi connectivity index (χ4n) is 9.53. The number of hydrogen-bond acceptors (Lipinski definition) is 6. The normalized spacial score (nSPS) is 22.9. The smallest absolute Gasteiger partial charge is 0.306 e. The molecule has 1 saturated heterocycles. The highest BCUT2D eigenvalue weighted by Gasteiger charge is 2.64. The van der Waals surface area contributed by atoms with Gasteiger partial charge in [-0.3, -0.25) is 0 Å². The second-order valence-electron chi connectivity index (χ2n) is 16.0. The van der Waals surface area contributed by atoms with Crippen LogP contribution in [0.2, 0.25) is 38.5 Å². The van der Waals surface area contributed by atoms with E-state index in [4.69, 9.17) is 25.2 Å². The number of anilines is 1. The molecule has 1 saturated carbocycles. The van der Waals surface area contributed by atoms with Crippen molar-refractivity contribution in [1.82, 2.24) is 14.6 Å². The molecule has 2 aliphatic rings. The molecule has 268 valence electrons. The molecular formula is C35H61ClF2N4O3Si2. The average molecular weight is 716 g/mol. The number of rotatable bonds is 14. The maximum Gasteiger partial charge on any atom is 0.306 e. The van der Waals surface area contributed by atoms with Crippen molar-refractivity contribution in [3.05, 3.63) is 23.1 Å². The van der Waals surface area contributed by atoms with E-state index in [1.54, 1.807) is 6.07 Å². The van der Waals surface area contributed by atoms with Crippen molar-refractivity contribution in [2.75, 3.05) is 18.6 Å². The number of fused-ring (bicyclic) bond motifs is 1. The molecule has 1 aliphatic carbocycles. The zero-order chi connectivity index (χ0) is 35.2. The molecule has 47 heavy (non-hydrogen) atoms. The second kappa shape index (κ2) is 14.6. The summed E-state index contributed by atoms with van der Waals surface area (Å²) in [7, 11) is -3.13. The first kappa shape index (κ1) is 38.7. The summed E-state index contributed by atoms with van der Waals surface area (Å²) in [6.45, 7) is 26.0. The van der Waals surface area contributed by atoms with Crippen LogP contribution in [0.4, 0.5) is 14.6 Å². The zero-order valence-corrected chi connectivity index (χ0v) is 33.9. The van der Waals surface area contributed by atoms with E-state index in [0.29, 0.717) is 34.0 Å². The molecule has 4 rings (SSSR count). The van der Waals surface area contributed by atoms with E-state index in [9.17, 15) is 0 Å². The Morgan fingerprint density at radius 2 is 1.40 bits per heavy atom. The van der Waals surface area contributed by atoms with Crippen molar-refractivity contribution in [2.45, 2.75) is 172 Å². The number of aromatic nitrogens is 3. The Hall–Kier alpha value is -1.12. The molecule has 2 aromatic heterocycles. The minimum absolute atomic E-state index is 0.0104. The minimum Gasteiger partial charge on any atom is -0.413 e. The van der Waals surface area contributed by atoms with Crippen molar-refractivity contribution < 1.29 is 22.4 Å². The van der Waals surface area contributed by atoms with Crippen molar-refractivity contribution in [1.29, 1.82) is 0 Å². The third kappa shape index (κ3) is 6.84. The van der Waals surface area contributed by atoms with Crippen LogP contribution >= 0.6 is 11.6 Å². The Morgan fingerprint density at radius 1 is 0.894 bits per heavy atom. The Balaban J connectivity index is 1.82. The van der Waals surface area contributed by atoms with E-state index in [0.717, 1.165) is 25.7 Å². The molecular weight excluding hydrogens is 654 g/mol. The van der Waals surface area contributed by atoms with Crippen LogP contribution in [0.5, 0.6) is 0 Å². The van der Waals surface area contributed by atoms with Crippen molar-refractivity contribution in [3.8, 4) is 0 Å². The van der Waals surface area contributed by atoms with E-state index in [1.165, 1.54) is 4.52 Å². The topological polar surface area (TPSA) is 61.1 Å². The van der Waals surface area contributed by atoms with E-state index >= 15 is 8.78 Å². The highest BCUT2D eigenvalue weighted by Crippen LogP contribution is 2.53. The third-order valence-electron chi connectivity index (χ3n) is 11.6. The van der Waals surface area contributed by atoms with Gasteiger partial charge in [-0.2, -0.15) is 4.98 Å². The number of nitrogens with zero attached hydrogens (tertiary/aromatic N) is 4. The van der Waals surface area contributed by atoms with Gasteiger partial charge in [-0.05, 0) is 69.8 Å². The molecule has 3 atom stereocenters. The fraction of sp³-hybridized carbons (Fsp3) is 0.829. The molecule has 0 amide bonds. The SMILES string of the molecule is CC(C)[Si](OC[C@H]1O[C@@H](c2ccc3c(N(C)C4CCCC4)nc(Cl)nn23)C(F)(F)[C@@H]1O[Si](C(C)C)(C(C)C)C(C)C)(C(C)C)C(C)C. The molecule has 3 heterocycles. The van der Waals surface area contributed by atoms with E-state index in [1.807, 2.05) is 13.1 Å². The van der Waals surface area contributed by atoms with Gasteiger partial charge in [-0.1, -0.05) is 95.9 Å². The molecule has 0 radical (unpaired) electrons. The van der Waals surface area contributed by atoms with Gasteiger partial charge in [0.15, 0.2) is 20.2 Å². The quantitative estimate of drug-likeness (QED) is 0.182. The minimum atomic E-state index is -3.36. The van der Waals surface area contributed by atoms with Crippen LogP contribution in [-0.4, -0.2) is 69.1 Å². The van der Waals surface area contributed by atoms with Crippen molar-refractivity contribution in [3.63, 3.8) is 0 Å². The van der Waals surface area contributed by atoms with Gasteiger partial charge in [0.25, 0.3) is 0 Å². The maximum absolute atomic E-state index is 17.3. The predicted octanol–water partition coefficient (Wildman–Crippen LogP) is 10.6. The fourth-order valence-corrected chi connectivity index (χ4v) is 20.7. The lowest BCUT2D eigenvalue weighted by Gasteiger charge is -2.46. The summed E-state index contributed by atoms with van der Waals surface area (Å²) in [4.78, 5) is 6.68. The summed E-state index contributed by atoms with van der Waals surface area (Å²) in [6, 6.07) is 3.83. The highest BCUT2D eigenvalue weighted by molar-refractivity contribution is 6.78. The van der Waals surface area contributed by atoms with Gasteiger partial charge in [0.05, 0.1) is 12.3 Å². The number of halogens is 3. The molecule has 2 aromatic rings. The standard InChI is InChI=1S/C35H61ClF2N4O3Si2/c1-21(2)46(22(3)4,23(5)6)43-20-30-32(45-47(24(7)8,25(9)10)26(11)12)35(37,38)31(44-30)28-18-19-29-33(39-34(36)40-42(28)29)41(13)27-16-14-15-17-27/h18-19,21-27,30-32H,14-17,20H2,1-13H3/t30-,31+,32-/m1/s1. The van der Waals surface area contributed by atoms with Crippen molar-refractivity contribution in [2.24, 2.45) is 0 Å². The molecule has 2 fully saturated rings. The number of hydrogen-bond donors (Lipinski definition) is 0. The summed E-state index contributed by atoms with van der Waals surface area (Å²) in [6.07, 6.45) is 0.424. The monoisotopic (exact) mass is 714 g/mol. The molecule has 0 N–H and O–H groups in total. The van der Waals surface area contributed by atoms with Gasteiger partial charge in [0.2, 0.25) is 13.6 Å². The Morgan fingerprint density at radius 3 is 1.89 bits per heavy atom. The third-order valence-corrected chi connectivity index (χ3v) is 23.9. The van der Waals surface area contributed by atoms with Crippen molar-refractivity contribution >= 4 is 39.6 Å². The van der Waals surface area contributed by atoms with E-state index in [-0.39, 0.29) is 34.2 Å². The first-order valence-corrected chi connectivity index (χ1v) is 22.6. The maximum atomic E-state index is 17.3. The van der Waals surface area contributed by atoms with Gasteiger partial charge >= 0.3 is 5.92 Å². The molecule has 0 spiro atoms. The van der Waals surface area contributed by atoms with Crippen LogP contribution in [0.15, 0.2) is 12.1 Å². The first-order valence-electron chi connectivity index (χ1n) is 18.0. The number of ether oxygens (including phenoxy) is 1. The summed E-state index contributed by atoms with van der Waals surface area (Å²) in [5, 5.41) is 4.46. The van der Waals surface area contributed by atoms with Crippen LogP contribution in [0, 0.1) is 0 Å². The summed E-state index contributed by atoms with van der Waals surface area (Å²) in [5.74, 6) is -2.71. The average Bonchev–Trinajstić information content (AvgIpc) is 3.69. The van der Waals surface area contributed by atoms with E-state index in [2.05, 4.69) is 98.1 Å². The zero-order valence-electron chi connectivity index (χ0n) is 31.1. The van der Waals surface area contributed by atoms with Crippen LogP contribution < -0.4 is 4.90 Å². The summed E-state index contributed by atoms with van der Waals surface area (Å²) in [5.41, 5.74) is 2.18. The lowest BCUT2D eigenvalue weighted by molar-refractivity contribution is -0.111. The summed E-state index contributed by atoms with van der Waals surface area (Å²) < 4.78 is 56.5. The molecule has 0 unspecified atom stereocenters. The van der Waals surface area contributed by atoms with Crippen LogP contribution in [0.1, 0.15) is 121 Å². The lowest BCUT2D eigenvalue weighted by atomic mass is 10.0. The Kier molecular flexibility index (Phi) is 12.0. The Labute approximate surface area is 289 Å². The summed E-state index contributed by atoms with van der Waals surface area (Å²) >= 11 is 6.49. The van der Waals surface area contributed by atoms with Gasteiger partial charge < -0.3 is 18.5 Å². The first-order chi connectivity index (χ1) is 21.8. The Bertz CT molecular complexity index is 1310. The van der Waals surface area contributed by atoms with Gasteiger partial charge in [0, 0.05) is 13.1 Å². The van der Waals surface area contributed by atoms with Crippen LogP contribution in [-0.2, 0) is 13.6 Å². The van der Waals surface area contributed by atoms with Gasteiger partial charge in [-0.25, -0.2) is 13.3 Å². The molecule has 1 aliphatic heterocycles. The lowest BCUT2D eigenvalue weighted by Crippen LogP contribution is -2.56. The molecule has 7 nitrogen and oxygen atoms in total. The highest BCUT2D eigenvalue weighted by atomic mass is 35.5.